The zero-order chi connectivity index (χ0) is 27.3. The van der Waals surface area contributed by atoms with Crippen LogP contribution in [-0.4, -0.2) is 69.9 Å². The molecule has 200 valence electrons. The Morgan fingerprint density at radius 3 is 1.60 bits per heavy atom. The van der Waals surface area contributed by atoms with Crippen LogP contribution in [0.3, 0.4) is 0 Å². The second-order valence-electron chi connectivity index (χ2n) is 9.32. The van der Waals surface area contributed by atoms with Gasteiger partial charge >= 0.3 is 11.9 Å². The second-order valence-corrected chi connectivity index (χ2v) is 9.32. The van der Waals surface area contributed by atoms with Crippen LogP contribution in [0.25, 0.3) is 0 Å². The molecule has 0 spiro atoms. The molecule has 0 aromatic carbocycles. The lowest BCUT2D eigenvalue weighted by Gasteiger charge is -2.26. The number of nitrogens with one attached hydrogen (secondary N) is 3. The van der Waals surface area contributed by atoms with Crippen molar-refractivity contribution in [1.82, 2.24) is 16.0 Å². The molecule has 0 heterocycles. The summed E-state index contributed by atoms with van der Waals surface area (Å²) in [6.45, 7) is 7.31. The maximum absolute atomic E-state index is 13.0. The van der Waals surface area contributed by atoms with Crippen LogP contribution >= 0.6 is 0 Å². The highest BCUT2D eigenvalue weighted by atomic mass is 16.4. The first-order chi connectivity index (χ1) is 16.1. The van der Waals surface area contributed by atoms with Crippen LogP contribution in [0.5, 0.6) is 0 Å². The zero-order valence-corrected chi connectivity index (χ0v) is 20.7. The Morgan fingerprint density at radius 2 is 1.14 bits per heavy atom. The maximum Gasteiger partial charge on any atom is 0.326 e. The zero-order valence-electron chi connectivity index (χ0n) is 20.7. The van der Waals surface area contributed by atoms with E-state index in [0.717, 1.165) is 0 Å². The first-order valence-electron chi connectivity index (χ1n) is 11.5. The summed E-state index contributed by atoms with van der Waals surface area (Å²) in [7, 11) is 0. The van der Waals surface area contributed by atoms with Crippen molar-refractivity contribution in [3.8, 4) is 0 Å². The third kappa shape index (κ3) is 13.9. The SMILES string of the molecule is CC(C)CC(N)C(=O)NC(CCC(N)=O)C(=O)NC(CC(C)C)C(=O)NC(CCC(=O)O)C(=O)O. The van der Waals surface area contributed by atoms with Gasteiger partial charge in [-0.05, 0) is 37.5 Å². The predicted octanol–water partition coefficient (Wildman–Crippen LogP) is -0.925. The maximum atomic E-state index is 13.0. The molecule has 35 heavy (non-hydrogen) atoms. The van der Waals surface area contributed by atoms with Gasteiger partial charge in [-0.3, -0.25) is 24.0 Å². The number of nitrogens with two attached hydrogens (primary N) is 2. The van der Waals surface area contributed by atoms with Crippen LogP contribution in [0, 0.1) is 11.8 Å². The molecule has 0 saturated carbocycles. The van der Waals surface area contributed by atoms with Gasteiger partial charge in [-0.15, -0.1) is 0 Å². The Kier molecular flexibility index (Phi) is 14.2. The van der Waals surface area contributed by atoms with E-state index in [9.17, 15) is 33.9 Å². The van der Waals surface area contributed by atoms with E-state index in [-0.39, 0.29) is 37.5 Å². The topological polar surface area (TPSA) is 231 Å². The number of hydrogen-bond acceptors (Lipinski definition) is 7. The molecule has 0 aromatic heterocycles. The van der Waals surface area contributed by atoms with Gasteiger partial charge in [0.1, 0.15) is 18.1 Å². The number of primary amides is 1. The number of rotatable bonds is 17. The molecule has 4 unspecified atom stereocenters. The fraction of sp³-hybridized carbons (Fsp3) is 0.727. The summed E-state index contributed by atoms with van der Waals surface area (Å²) in [5.41, 5.74) is 11.1. The average Bonchev–Trinajstić information content (AvgIpc) is 2.71. The van der Waals surface area contributed by atoms with Crippen LogP contribution in [0.2, 0.25) is 0 Å². The van der Waals surface area contributed by atoms with Gasteiger partial charge < -0.3 is 37.6 Å². The number of aliphatic carboxylic acids is 2. The molecule has 0 aromatic rings. The van der Waals surface area contributed by atoms with Gasteiger partial charge in [0.15, 0.2) is 0 Å². The molecular formula is C22H39N5O8. The molecular weight excluding hydrogens is 462 g/mol. The van der Waals surface area contributed by atoms with Gasteiger partial charge in [-0.2, -0.15) is 0 Å². The Hall–Kier alpha value is -3.22. The van der Waals surface area contributed by atoms with E-state index in [4.69, 9.17) is 16.6 Å². The molecule has 9 N–H and O–H groups in total. The van der Waals surface area contributed by atoms with E-state index in [2.05, 4.69) is 16.0 Å². The summed E-state index contributed by atoms with van der Waals surface area (Å²) in [6, 6.07) is -4.74. The number of carbonyl (C=O) groups excluding carboxylic acids is 4. The van der Waals surface area contributed by atoms with E-state index >= 15 is 0 Å². The summed E-state index contributed by atoms with van der Waals surface area (Å²) < 4.78 is 0. The number of carbonyl (C=O) groups is 6. The lowest BCUT2D eigenvalue weighted by molar-refractivity contribution is -0.143. The van der Waals surface area contributed by atoms with Gasteiger partial charge in [0.2, 0.25) is 23.6 Å². The van der Waals surface area contributed by atoms with Crippen LogP contribution in [0.15, 0.2) is 0 Å². The lowest BCUT2D eigenvalue weighted by atomic mass is 10.0. The molecule has 0 fully saturated rings. The van der Waals surface area contributed by atoms with Crippen molar-refractivity contribution in [1.29, 1.82) is 0 Å². The number of carboxylic acid groups (broad SMARTS) is 2. The van der Waals surface area contributed by atoms with Gasteiger partial charge in [-0.1, -0.05) is 27.7 Å². The van der Waals surface area contributed by atoms with E-state index in [1.54, 1.807) is 13.8 Å². The third-order valence-corrected chi connectivity index (χ3v) is 4.98. The lowest BCUT2D eigenvalue weighted by Crippen LogP contribution is -2.57. The third-order valence-electron chi connectivity index (χ3n) is 4.98. The van der Waals surface area contributed by atoms with Crippen molar-refractivity contribution < 1.29 is 39.0 Å². The monoisotopic (exact) mass is 501 g/mol. The largest absolute Gasteiger partial charge is 0.481 e. The van der Waals surface area contributed by atoms with Crippen molar-refractivity contribution in [2.45, 2.75) is 90.4 Å². The first kappa shape index (κ1) is 31.8. The number of amides is 4. The molecule has 0 aliphatic rings. The van der Waals surface area contributed by atoms with Gasteiger partial charge in [0.25, 0.3) is 0 Å². The van der Waals surface area contributed by atoms with E-state index < -0.39 is 66.2 Å². The molecule has 4 atom stereocenters. The molecule has 4 amide bonds. The second kappa shape index (κ2) is 15.6. The highest BCUT2D eigenvalue weighted by Gasteiger charge is 2.31. The standard InChI is InChI=1S/C22H39N5O8/c1-11(2)9-13(23)19(31)25-14(5-7-17(24)28)20(32)27-16(10-12(3)4)21(33)26-15(22(34)35)6-8-18(29)30/h11-16H,5-10,23H2,1-4H3,(H2,24,28)(H,25,31)(H,26,33)(H,27,32)(H,29,30)(H,34,35). The number of hydrogen-bond donors (Lipinski definition) is 7. The van der Waals surface area contributed by atoms with Crippen molar-refractivity contribution in [3.63, 3.8) is 0 Å². The predicted molar refractivity (Wildman–Crippen MR) is 126 cm³/mol. The molecule has 0 aliphatic heterocycles. The van der Waals surface area contributed by atoms with Gasteiger partial charge in [-0.25, -0.2) is 4.79 Å². The fourth-order valence-corrected chi connectivity index (χ4v) is 3.22. The van der Waals surface area contributed by atoms with Gasteiger partial charge in [0.05, 0.1) is 6.04 Å². The summed E-state index contributed by atoms with van der Waals surface area (Å²) in [5.74, 6) is -5.49. The highest BCUT2D eigenvalue weighted by Crippen LogP contribution is 2.09. The Bertz CT molecular complexity index is 771. The van der Waals surface area contributed by atoms with E-state index in [1.165, 1.54) is 0 Å². The molecule has 13 heteroatoms. The minimum absolute atomic E-state index is 0.0912. The number of carboxylic acids is 2. The summed E-state index contributed by atoms with van der Waals surface area (Å²) in [5, 5.41) is 25.3. The molecule has 0 radical (unpaired) electrons. The Morgan fingerprint density at radius 1 is 0.686 bits per heavy atom. The minimum Gasteiger partial charge on any atom is -0.481 e. The summed E-state index contributed by atoms with van der Waals surface area (Å²) >= 11 is 0. The van der Waals surface area contributed by atoms with E-state index in [1.807, 2.05) is 13.8 Å². The molecule has 0 aliphatic carbocycles. The minimum atomic E-state index is -1.47. The molecule has 0 saturated heterocycles. The van der Waals surface area contributed by atoms with Crippen LogP contribution in [-0.2, 0) is 28.8 Å². The van der Waals surface area contributed by atoms with Crippen molar-refractivity contribution in [2.24, 2.45) is 23.3 Å². The Balaban J connectivity index is 5.57. The normalized spacial score (nSPS) is 14.5. The smallest absolute Gasteiger partial charge is 0.326 e. The Labute approximate surface area is 204 Å². The van der Waals surface area contributed by atoms with Crippen LogP contribution < -0.4 is 27.4 Å². The van der Waals surface area contributed by atoms with Crippen molar-refractivity contribution in [2.75, 3.05) is 0 Å². The van der Waals surface area contributed by atoms with Crippen molar-refractivity contribution in [3.05, 3.63) is 0 Å². The van der Waals surface area contributed by atoms with Crippen molar-refractivity contribution >= 4 is 35.6 Å². The molecule has 0 rings (SSSR count). The highest BCUT2D eigenvalue weighted by molar-refractivity contribution is 5.94. The molecule has 13 nitrogen and oxygen atoms in total. The fourth-order valence-electron chi connectivity index (χ4n) is 3.22. The average molecular weight is 502 g/mol. The van der Waals surface area contributed by atoms with Gasteiger partial charge in [0, 0.05) is 12.8 Å². The van der Waals surface area contributed by atoms with E-state index in [0.29, 0.717) is 6.42 Å². The quantitative estimate of drug-likeness (QED) is 0.130. The first-order valence-corrected chi connectivity index (χ1v) is 11.5. The van der Waals surface area contributed by atoms with Crippen LogP contribution in [0.4, 0.5) is 0 Å². The summed E-state index contributed by atoms with van der Waals surface area (Å²) in [4.78, 5) is 71.7. The van der Waals surface area contributed by atoms with Crippen LogP contribution in [0.1, 0.15) is 66.2 Å². The summed E-state index contributed by atoms with van der Waals surface area (Å²) in [6.07, 6.45) is -0.670. The molecule has 0 bridgehead atoms.